The lowest BCUT2D eigenvalue weighted by atomic mass is 10.1. The highest BCUT2D eigenvalue weighted by atomic mass is 16.5. The van der Waals surface area contributed by atoms with E-state index in [1.165, 1.54) is 6.07 Å². The van der Waals surface area contributed by atoms with Gasteiger partial charge < -0.3 is 10.1 Å². The monoisotopic (exact) mass is 219 g/mol. The summed E-state index contributed by atoms with van der Waals surface area (Å²) in [6.45, 7) is 1.87. The molecule has 4 nitrogen and oxygen atoms in total. The van der Waals surface area contributed by atoms with Gasteiger partial charge in [-0.15, -0.1) is 0 Å². The van der Waals surface area contributed by atoms with E-state index in [0.29, 0.717) is 19.1 Å². The number of hydrogen-bond acceptors (Lipinski definition) is 4. The Kier molecular flexibility index (Phi) is 4.39. The van der Waals surface area contributed by atoms with Gasteiger partial charge in [0.1, 0.15) is 5.75 Å². The number of ether oxygens (including phenoxy) is 1. The van der Waals surface area contributed by atoms with Crippen molar-refractivity contribution < 1.29 is 14.3 Å². The van der Waals surface area contributed by atoms with Crippen LogP contribution in [0.15, 0.2) is 24.3 Å². The van der Waals surface area contributed by atoms with Crippen molar-refractivity contribution in [3.8, 4) is 5.75 Å². The van der Waals surface area contributed by atoms with Crippen LogP contribution in [0.2, 0.25) is 0 Å². The first-order chi connectivity index (χ1) is 7.69. The SMILES string of the molecule is CCCC(=O)Oc1ccccc1C(=O)C=N. The van der Waals surface area contributed by atoms with Gasteiger partial charge in [-0.3, -0.25) is 9.59 Å². The van der Waals surface area contributed by atoms with Crippen molar-refractivity contribution in [1.29, 1.82) is 5.41 Å². The van der Waals surface area contributed by atoms with Gasteiger partial charge >= 0.3 is 5.97 Å². The molecule has 0 heterocycles. The average Bonchev–Trinajstić information content (AvgIpc) is 2.29. The molecule has 0 spiro atoms. The highest BCUT2D eigenvalue weighted by Crippen LogP contribution is 2.18. The van der Waals surface area contributed by atoms with Crippen LogP contribution >= 0.6 is 0 Å². The molecular formula is C12H13NO3. The molecule has 0 saturated carbocycles. The molecule has 84 valence electrons. The molecule has 0 aliphatic rings. The molecule has 0 saturated heterocycles. The second-order valence-electron chi connectivity index (χ2n) is 3.23. The standard InChI is InChI=1S/C12H13NO3/c1-2-5-12(15)16-11-7-4-3-6-9(11)10(14)8-13/h3-4,6-8,13H,2,5H2,1H3. The Morgan fingerprint density at radius 2 is 2.06 bits per heavy atom. The van der Waals surface area contributed by atoms with Crippen LogP contribution in [0.25, 0.3) is 0 Å². The number of benzene rings is 1. The average molecular weight is 219 g/mol. The molecule has 0 atom stereocenters. The topological polar surface area (TPSA) is 67.2 Å². The molecule has 0 aliphatic carbocycles. The second kappa shape index (κ2) is 5.80. The Morgan fingerprint density at radius 3 is 2.69 bits per heavy atom. The molecule has 0 fully saturated rings. The summed E-state index contributed by atoms with van der Waals surface area (Å²) in [6, 6.07) is 6.41. The summed E-state index contributed by atoms with van der Waals surface area (Å²) in [5, 5.41) is 6.89. The van der Waals surface area contributed by atoms with Gasteiger partial charge in [-0.25, -0.2) is 0 Å². The molecule has 0 bridgehead atoms. The Bertz CT molecular complexity index is 412. The van der Waals surface area contributed by atoms with E-state index in [0.717, 1.165) is 0 Å². The molecule has 1 aromatic carbocycles. The molecule has 16 heavy (non-hydrogen) atoms. The van der Waals surface area contributed by atoms with Crippen molar-refractivity contribution in [3.05, 3.63) is 29.8 Å². The largest absolute Gasteiger partial charge is 0.426 e. The van der Waals surface area contributed by atoms with Gasteiger partial charge in [-0.05, 0) is 18.6 Å². The van der Waals surface area contributed by atoms with E-state index in [2.05, 4.69) is 0 Å². The van der Waals surface area contributed by atoms with Crippen LogP contribution in [0.3, 0.4) is 0 Å². The number of carbonyl (C=O) groups is 2. The molecular weight excluding hydrogens is 206 g/mol. The van der Waals surface area contributed by atoms with E-state index in [1.807, 2.05) is 6.92 Å². The second-order valence-corrected chi connectivity index (χ2v) is 3.23. The number of Topliss-reactive ketones (excluding diaryl/α,β-unsaturated/α-hetero) is 1. The van der Waals surface area contributed by atoms with Gasteiger partial charge in [0.2, 0.25) is 5.78 Å². The third kappa shape index (κ3) is 3.02. The fourth-order valence-corrected chi connectivity index (χ4v) is 1.21. The molecule has 0 radical (unpaired) electrons. The van der Waals surface area contributed by atoms with Crippen LogP contribution in [-0.4, -0.2) is 18.0 Å². The molecule has 0 amide bonds. The minimum absolute atomic E-state index is 0.217. The van der Waals surface area contributed by atoms with E-state index in [1.54, 1.807) is 18.2 Å². The maximum atomic E-state index is 11.3. The minimum atomic E-state index is -0.472. The van der Waals surface area contributed by atoms with Crippen molar-refractivity contribution in [2.75, 3.05) is 0 Å². The summed E-state index contributed by atoms with van der Waals surface area (Å²) in [5.41, 5.74) is 0.238. The number of nitrogens with one attached hydrogen (secondary N) is 1. The molecule has 0 aromatic heterocycles. The van der Waals surface area contributed by atoms with E-state index in [-0.39, 0.29) is 17.3 Å². The summed E-state index contributed by atoms with van der Waals surface area (Å²) in [6.07, 6.45) is 1.71. The Hall–Kier alpha value is -1.97. The number of rotatable bonds is 5. The lowest BCUT2D eigenvalue weighted by molar-refractivity contribution is -0.134. The molecule has 0 unspecified atom stereocenters. The summed E-state index contributed by atoms with van der Waals surface area (Å²) in [7, 11) is 0. The zero-order valence-electron chi connectivity index (χ0n) is 9.03. The van der Waals surface area contributed by atoms with Gasteiger partial charge in [0, 0.05) is 6.42 Å². The van der Waals surface area contributed by atoms with Gasteiger partial charge in [0.25, 0.3) is 0 Å². The van der Waals surface area contributed by atoms with Crippen molar-refractivity contribution in [3.63, 3.8) is 0 Å². The van der Waals surface area contributed by atoms with E-state index in [4.69, 9.17) is 10.1 Å². The first kappa shape index (κ1) is 12.1. The highest BCUT2D eigenvalue weighted by Gasteiger charge is 2.12. The van der Waals surface area contributed by atoms with Gasteiger partial charge in [-0.2, -0.15) is 0 Å². The zero-order valence-corrected chi connectivity index (χ0v) is 9.03. The van der Waals surface area contributed by atoms with Crippen molar-refractivity contribution in [1.82, 2.24) is 0 Å². The van der Waals surface area contributed by atoms with Gasteiger partial charge in [0.05, 0.1) is 11.8 Å². The van der Waals surface area contributed by atoms with E-state index < -0.39 is 5.78 Å². The number of hydrogen-bond donors (Lipinski definition) is 1. The van der Waals surface area contributed by atoms with Crippen molar-refractivity contribution in [2.24, 2.45) is 0 Å². The predicted molar refractivity (Wildman–Crippen MR) is 60.1 cm³/mol. The maximum absolute atomic E-state index is 11.3. The molecule has 4 heteroatoms. The lowest BCUT2D eigenvalue weighted by Gasteiger charge is -2.06. The smallest absolute Gasteiger partial charge is 0.311 e. The molecule has 0 aliphatic heterocycles. The van der Waals surface area contributed by atoms with Crippen LogP contribution in [0.5, 0.6) is 5.75 Å². The minimum Gasteiger partial charge on any atom is -0.426 e. The molecule has 1 rings (SSSR count). The quantitative estimate of drug-likeness (QED) is 0.357. The first-order valence-electron chi connectivity index (χ1n) is 5.03. The zero-order chi connectivity index (χ0) is 12.0. The Labute approximate surface area is 93.7 Å². The summed E-state index contributed by atoms with van der Waals surface area (Å²) >= 11 is 0. The summed E-state index contributed by atoms with van der Waals surface area (Å²) in [5.74, 6) is -0.623. The molecule has 1 N–H and O–H groups in total. The Balaban J connectivity index is 2.91. The third-order valence-corrected chi connectivity index (χ3v) is 1.96. The van der Waals surface area contributed by atoms with Gasteiger partial charge in [-0.1, -0.05) is 19.1 Å². The highest BCUT2D eigenvalue weighted by molar-refractivity contribution is 6.35. The fraction of sp³-hybridized carbons (Fsp3) is 0.250. The van der Waals surface area contributed by atoms with E-state index in [9.17, 15) is 9.59 Å². The number of esters is 1. The normalized spacial score (nSPS) is 9.56. The number of ketones is 1. The van der Waals surface area contributed by atoms with Crippen LogP contribution in [0.4, 0.5) is 0 Å². The van der Waals surface area contributed by atoms with Crippen LogP contribution < -0.4 is 4.74 Å². The summed E-state index contributed by atoms with van der Waals surface area (Å²) in [4.78, 5) is 22.6. The van der Waals surface area contributed by atoms with Crippen molar-refractivity contribution >= 4 is 18.0 Å². The Morgan fingerprint density at radius 1 is 1.38 bits per heavy atom. The van der Waals surface area contributed by atoms with E-state index >= 15 is 0 Å². The number of para-hydroxylation sites is 1. The first-order valence-corrected chi connectivity index (χ1v) is 5.03. The summed E-state index contributed by atoms with van der Waals surface area (Å²) < 4.78 is 5.05. The van der Waals surface area contributed by atoms with Crippen LogP contribution in [0, 0.1) is 5.41 Å². The predicted octanol–water partition coefficient (Wildman–Crippen LogP) is 2.22. The maximum Gasteiger partial charge on any atom is 0.311 e. The third-order valence-electron chi connectivity index (χ3n) is 1.96. The lowest BCUT2D eigenvalue weighted by Crippen LogP contribution is -2.10. The van der Waals surface area contributed by atoms with Crippen molar-refractivity contribution in [2.45, 2.75) is 19.8 Å². The van der Waals surface area contributed by atoms with Gasteiger partial charge in [0.15, 0.2) is 0 Å². The molecule has 1 aromatic rings. The number of carbonyl (C=O) groups excluding carboxylic acids is 2. The van der Waals surface area contributed by atoms with Crippen LogP contribution in [0.1, 0.15) is 30.1 Å². The fourth-order valence-electron chi connectivity index (χ4n) is 1.21. The van der Waals surface area contributed by atoms with Crippen LogP contribution in [-0.2, 0) is 4.79 Å².